The molecule has 0 nitrogen and oxygen atoms in total. The summed E-state index contributed by atoms with van der Waals surface area (Å²) in [5, 5.41) is 6.35. The summed E-state index contributed by atoms with van der Waals surface area (Å²) in [5.41, 5.74) is 6.53. The van der Waals surface area contributed by atoms with E-state index in [0.29, 0.717) is 0 Å². The highest BCUT2D eigenvalue weighted by molar-refractivity contribution is 6.15. The maximum absolute atomic E-state index is 2.55. The zero-order chi connectivity index (χ0) is 14.3. The smallest absolute Gasteiger partial charge is 0.00647 e. The van der Waals surface area contributed by atoms with Crippen LogP contribution in [-0.4, -0.2) is 0 Å². The molecule has 0 heterocycles. The summed E-state index contributed by atoms with van der Waals surface area (Å²) in [6.45, 7) is 0. The van der Waals surface area contributed by atoms with Crippen LogP contribution in [-0.2, 0) is 12.8 Å². The number of aryl methyl sites for hydroxylation is 2. The molecule has 0 bridgehead atoms. The fourth-order valence-corrected chi connectivity index (χ4v) is 5.71. The molecule has 22 heavy (non-hydrogen) atoms. The van der Waals surface area contributed by atoms with E-state index in [-0.39, 0.29) is 0 Å². The lowest BCUT2D eigenvalue weighted by Gasteiger charge is -2.26. The van der Waals surface area contributed by atoms with E-state index in [1.807, 2.05) is 0 Å². The Bertz CT molecular complexity index is 947. The van der Waals surface area contributed by atoms with Crippen molar-refractivity contribution in [1.29, 1.82) is 0 Å². The second-order valence-corrected chi connectivity index (χ2v) is 7.54. The van der Waals surface area contributed by atoms with E-state index >= 15 is 0 Å². The van der Waals surface area contributed by atoms with Crippen LogP contribution >= 0.6 is 0 Å². The third-order valence-corrected chi connectivity index (χ3v) is 6.59. The van der Waals surface area contributed by atoms with Gasteiger partial charge in [-0.2, -0.15) is 0 Å². The Morgan fingerprint density at radius 2 is 1.45 bits per heavy atom. The van der Waals surface area contributed by atoms with E-state index in [9.17, 15) is 0 Å². The summed E-state index contributed by atoms with van der Waals surface area (Å²) in [7, 11) is 0. The first-order valence-corrected chi connectivity index (χ1v) is 8.92. The van der Waals surface area contributed by atoms with Gasteiger partial charge in [0.05, 0.1) is 0 Å². The van der Waals surface area contributed by atoms with E-state index in [1.165, 1.54) is 43.9 Å². The van der Waals surface area contributed by atoms with Gasteiger partial charge >= 0.3 is 0 Å². The summed E-state index contributed by atoms with van der Waals surface area (Å²) >= 11 is 0. The van der Waals surface area contributed by atoms with Crippen LogP contribution in [0.4, 0.5) is 0 Å². The molecule has 0 heteroatoms. The molecule has 3 aromatic rings. The van der Waals surface area contributed by atoms with Crippen LogP contribution in [0.15, 0.2) is 36.4 Å². The van der Waals surface area contributed by atoms with Gasteiger partial charge in [-0.05, 0) is 81.3 Å². The Hall–Kier alpha value is -1.82. The first-order valence-electron chi connectivity index (χ1n) is 8.92. The molecule has 2 atom stereocenters. The van der Waals surface area contributed by atoms with Gasteiger partial charge in [-0.25, -0.2) is 0 Å². The van der Waals surface area contributed by atoms with Gasteiger partial charge in [0.1, 0.15) is 0 Å². The van der Waals surface area contributed by atoms with Crippen molar-refractivity contribution in [1.82, 2.24) is 0 Å². The lowest BCUT2D eigenvalue weighted by Crippen LogP contribution is -2.10. The third-order valence-electron chi connectivity index (χ3n) is 6.59. The topological polar surface area (TPSA) is 0 Å². The summed E-state index contributed by atoms with van der Waals surface area (Å²) < 4.78 is 0. The number of hydrogen-bond acceptors (Lipinski definition) is 0. The van der Waals surface area contributed by atoms with Gasteiger partial charge in [-0.15, -0.1) is 0 Å². The molecule has 2 unspecified atom stereocenters. The number of benzene rings is 3. The van der Waals surface area contributed by atoms with Crippen molar-refractivity contribution >= 4 is 21.5 Å². The molecule has 0 amide bonds. The third kappa shape index (κ3) is 1.26. The molecule has 0 aliphatic heterocycles. The molecule has 0 N–H and O–H groups in total. The number of rotatable bonds is 0. The summed E-state index contributed by atoms with van der Waals surface area (Å²) in [6, 6.07) is 14.4. The average Bonchev–Trinajstić information content (AvgIpc) is 2.90. The average molecular weight is 284 g/mol. The first-order chi connectivity index (χ1) is 10.9. The van der Waals surface area contributed by atoms with Gasteiger partial charge in [-0.1, -0.05) is 49.2 Å². The quantitative estimate of drug-likeness (QED) is 0.454. The lowest BCUT2D eigenvalue weighted by atomic mass is 9.78. The molecule has 0 saturated heterocycles. The molecule has 3 aliphatic carbocycles. The molecule has 3 aromatic carbocycles. The largest absolute Gasteiger partial charge is 0.0614 e. The van der Waals surface area contributed by atoms with Crippen LogP contribution < -0.4 is 0 Å². The van der Waals surface area contributed by atoms with E-state index in [2.05, 4.69) is 36.4 Å². The van der Waals surface area contributed by atoms with Gasteiger partial charge in [0, 0.05) is 0 Å². The minimum absolute atomic E-state index is 0.800. The standard InChI is InChI=1S/C22H20/c1-2-7-17-16(6-1)18-11-10-14-9-8-13-4-3-5-15-12-19(17)22(18)21(14)20(13)15/h3-5,10-12,16-17H,1-2,6-9H2. The Balaban J connectivity index is 1.86. The van der Waals surface area contributed by atoms with Crippen molar-refractivity contribution < 1.29 is 0 Å². The molecule has 0 radical (unpaired) electrons. The van der Waals surface area contributed by atoms with Crippen molar-refractivity contribution in [2.75, 3.05) is 0 Å². The van der Waals surface area contributed by atoms with Crippen molar-refractivity contribution in [2.45, 2.75) is 50.4 Å². The van der Waals surface area contributed by atoms with Crippen LogP contribution in [0.1, 0.15) is 59.8 Å². The predicted molar refractivity (Wildman–Crippen MR) is 92.8 cm³/mol. The molecule has 6 rings (SSSR count). The first kappa shape index (κ1) is 11.7. The molecule has 3 aliphatic rings. The Labute approximate surface area is 131 Å². The highest BCUT2D eigenvalue weighted by Gasteiger charge is 2.37. The second-order valence-electron chi connectivity index (χ2n) is 7.54. The lowest BCUT2D eigenvalue weighted by molar-refractivity contribution is 0.400. The summed E-state index contributed by atoms with van der Waals surface area (Å²) in [5.74, 6) is 1.61. The Morgan fingerprint density at radius 3 is 2.32 bits per heavy atom. The number of hydrogen-bond donors (Lipinski definition) is 0. The molecule has 1 saturated carbocycles. The minimum atomic E-state index is 0.800. The maximum atomic E-state index is 2.55. The SMILES string of the molecule is c1cc2c3c(c1)cc1c4c(ccc(c43)CC2)C2CCCCC12. The molecule has 0 aromatic heterocycles. The summed E-state index contributed by atoms with van der Waals surface area (Å²) in [6.07, 6.45) is 8.07. The fraction of sp³-hybridized carbons (Fsp3) is 0.364. The Morgan fingerprint density at radius 1 is 0.682 bits per heavy atom. The highest BCUT2D eigenvalue weighted by Crippen LogP contribution is 2.56. The van der Waals surface area contributed by atoms with Gasteiger partial charge in [0.25, 0.3) is 0 Å². The molecular formula is C22H20. The highest BCUT2D eigenvalue weighted by atomic mass is 14.4. The van der Waals surface area contributed by atoms with Crippen LogP contribution in [0.2, 0.25) is 0 Å². The van der Waals surface area contributed by atoms with Gasteiger partial charge in [0.2, 0.25) is 0 Å². The van der Waals surface area contributed by atoms with Crippen LogP contribution in [0.3, 0.4) is 0 Å². The van der Waals surface area contributed by atoms with E-state index in [0.717, 1.165) is 11.8 Å². The number of fused-ring (bicyclic) bond motifs is 3. The van der Waals surface area contributed by atoms with Gasteiger partial charge in [0.15, 0.2) is 0 Å². The minimum Gasteiger partial charge on any atom is -0.0614 e. The van der Waals surface area contributed by atoms with Crippen molar-refractivity contribution in [2.24, 2.45) is 0 Å². The molecular weight excluding hydrogens is 264 g/mol. The molecule has 1 fully saturated rings. The molecule has 108 valence electrons. The normalized spacial score (nSPS) is 25.1. The Kier molecular flexibility index (Phi) is 2.09. The molecule has 0 spiro atoms. The predicted octanol–water partition coefficient (Wildman–Crippen LogP) is 5.85. The zero-order valence-corrected chi connectivity index (χ0v) is 12.9. The van der Waals surface area contributed by atoms with Crippen LogP contribution in [0.25, 0.3) is 21.5 Å². The van der Waals surface area contributed by atoms with E-state index in [4.69, 9.17) is 0 Å². The summed E-state index contributed by atoms with van der Waals surface area (Å²) in [4.78, 5) is 0. The maximum Gasteiger partial charge on any atom is -0.00647 e. The van der Waals surface area contributed by atoms with E-state index in [1.54, 1.807) is 38.4 Å². The van der Waals surface area contributed by atoms with Crippen LogP contribution in [0, 0.1) is 0 Å². The van der Waals surface area contributed by atoms with Crippen molar-refractivity contribution in [3.05, 3.63) is 58.7 Å². The zero-order valence-electron chi connectivity index (χ0n) is 12.9. The monoisotopic (exact) mass is 284 g/mol. The van der Waals surface area contributed by atoms with Crippen LogP contribution in [0.5, 0.6) is 0 Å². The van der Waals surface area contributed by atoms with Gasteiger partial charge < -0.3 is 0 Å². The second kappa shape index (κ2) is 3.93. The van der Waals surface area contributed by atoms with E-state index < -0.39 is 0 Å². The van der Waals surface area contributed by atoms with Crippen molar-refractivity contribution in [3.63, 3.8) is 0 Å². The van der Waals surface area contributed by atoms with Crippen molar-refractivity contribution in [3.8, 4) is 0 Å². The fourth-order valence-electron chi connectivity index (χ4n) is 5.71. The van der Waals surface area contributed by atoms with Gasteiger partial charge in [-0.3, -0.25) is 0 Å².